The zero-order valence-electron chi connectivity index (χ0n) is 16.8. The third-order valence-electron chi connectivity index (χ3n) is 4.34. The van der Waals surface area contributed by atoms with Gasteiger partial charge in [0.25, 0.3) is 0 Å². The van der Waals surface area contributed by atoms with Crippen molar-refractivity contribution in [3.05, 3.63) is 58.7 Å². The second-order valence-electron chi connectivity index (χ2n) is 6.35. The highest BCUT2D eigenvalue weighted by Crippen LogP contribution is 2.33. The first-order valence-corrected chi connectivity index (χ1v) is 9.24. The fourth-order valence-electron chi connectivity index (χ4n) is 2.95. The van der Waals surface area contributed by atoms with Gasteiger partial charge in [-0.25, -0.2) is 0 Å². The minimum Gasteiger partial charge on any atom is -0.504 e. The summed E-state index contributed by atoms with van der Waals surface area (Å²) in [6.07, 6.45) is 4.96. The van der Waals surface area contributed by atoms with Crippen molar-refractivity contribution in [2.75, 3.05) is 20.8 Å². The van der Waals surface area contributed by atoms with Gasteiger partial charge in [0, 0.05) is 17.8 Å². The van der Waals surface area contributed by atoms with Gasteiger partial charge in [0.2, 0.25) is 0 Å². The highest BCUT2D eigenvalue weighted by atomic mass is 16.5. The van der Waals surface area contributed by atoms with E-state index >= 15 is 0 Å². The van der Waals surface area contributed by atoms with Gasteiger partial charge in [-0.3, -0.25) is 4.79 Å². The van der Waals surface area contributed by atoms with E-state index in [4.69, 9.17) is 14.6 Å². The Morgan fingerprint density at radius 3 is 1.59 bits per heavy atom. The summed E-state index contributed by atoms with van der Waals surface area (Å²) in [5.41, 5.74) is 3.04. The average Bonchev–Trinajstić information content (AvgIpc) is 3.05. The molecule has 1 saturated carbocycles. The van der Waals surface area contributed by atoms with Crippen LogP contribution in [-0.2, 0) is 4.79 Å². The number of ether oxygens (including phenoxy) is 2. The van der Waals surface area contributed by atoms with Crippen LogP contribution in [0.3, 0.4) is 0 Å². The molecule has 0 unspecified atom stereocenters. The first-order chi connectivity index (χ1) is 13.9. The van der Waals surface area contributed by atoms with E-state index in [0.717, 1.165) is 22.3 Å². The fraction of sp³-hybridized carbons (Fsp3) is 0.261. The molecular weight excluding hydrogens is 372 g/mol. The van der Waals surface area contributed by atoms with Crippen LogP contribution in [0.2, 0.25) is 0 Å². The van der Waals surface area contributed by atoms with Crippen molar-refractivity contribution < 1.29 is 29.6 Å². The molecule has 0 saturated heterocycles. The van der Waals surface area contributed by atoms with E-state index in [1.54, 1.807) is 43.3 Å². The van der Waals surface area contributed by atoms with Crippen LogP contribution < -0.4 is 9.47 Å². The van der Waals surface area contributed by atoms with Crippen molar-refractivity contribution in [3.63, 3.8) is 0 Å². The van der Waals surface area contributed by atoms with E-state index in [9.17, 15) is 15.0 Å². The standard InChI is InChI=1S/C21H20O5.C2H6O/c1-25-19-11-13(3-7-17(19)22)9-15-5-6-16(21(15)24)10-14-4-8-18(23)20(12-14)26-2;1-2-3/h3-4,7-12,22-23H,5-6H2,1-2H3;3H,2H2,1H3/b15-9+,16-10+;. The molecular formula is C23H26O6. The summed E-state index contributed by atoms with van der Waals surface area (Å²) in [6.45, 7) is 1.93. The molecule has 1 fully saturated rings. The predicted molar refractivity (Wildman–Crippen MR) is 112 cm³/mol. The zero-order chi connectivity index (χ0) is 21.4. The molecule has 0 heterocycles. The highest BCUT2D eigenvalue weighted by molar-refractivity contribution is 6.15. The maximum Gasteiger partial charge on any atom is 0.185 e. The number of methoxy groups -OCH3 is 2. The number of aliphatic hydroxyl groups excluding tert-OH is 1. The molecule has 0 atom stereocenters. The van der Waals surface area contributed by atoms with Crippen LogP contribution in [0.25, 0.3) is 12.2 Å². The molecule has 0 spiro atoms. The van der Waals surface area contributed by atoms with Crippen LogP contribution in [0.4, 0.5) is 0 Å². The molecule has 2 aromatic carbocycles. The molecule has 0 aliphatic heterocycles. The monoisotopic (exact) mass is 398 g/mol. The van der Waals surface area contributed by atoms with Crippen LogP contribution in [0.5, 0.6) is 23.0 Å². The maximum absolute atomic E-state index is 12.7. The van der Waals surface area contributed by atoms with Gasteiger partial charge in [-0.2, -0.15) is 0 Å². The Balaban J connectivity index is 0.000000941. The van der Waals surface area contributed by atoms with E-state index in [1.807, 2.05) is 12.2 Å². The van der Waals surface area contributed by atoms with Crippen LogP contribution >= 0.6 is 0 Å². The molecule has 6 heteroatoms. The smallest absolute Gasteiger partial charge is 0.185 e. The lowest BCUT2D eigenvalue weighted by atomic mass is 10.1. The van der Waals surface area contributed by atoms with Gasteiger partial charge in [-0.05, 0) is 67.3 Å². The van der Waals surface area contributed by atoms with E-state index in [1.165, 1.54) is 14.2 Å². The molecule has 3 rings (SSSR count). The largest absolute Gasteiger partial charge is 0.504 e. The van der Waals surface area contributed by atoms with Crippen molar-refractivity contribution in [1.29, 1.82) is 0 Å². The van der Waals surface area contributed by atoms with Crippen LogP contribution in [0.15, 0.2) is 47.5 Å². The quantitative estimate of drug-likeness (QED) is 0.675. The number of allylic oxidation sites excluding steroid dienone is 2. The Labute approximate surface area is 170 Å². The van der Waals surface area contributed by atoms with Crippen molar-refractivity contribution in [2.45, 2.75) is 19.8 Å². The summed E-state index contributed by atoms with van der Waals surface area (Å²) in [4.78, 5) is 12.7. The summed E-state index contributed by atoms with van der Waals surface area (Å²) in [5, 5.41) is 26.9. The summed E-state index contributed by atoms with van der Waals surface area (Å²) in [6, 6.07) is 9.97. The summed E-state index contributed by atoms with van der Waals surface area (Å²) >= 11 is 0. The Bertz CT molecular complexity index is 853. The van der Waals surface area contributed by atoms with Crippen molar-refractivity contribution in [1.82, 2.24) is 0 Å². The first-order valence-electron chi connectivity index (χ1n) is 9.24. The molecule has 1 aliphatic rings. The number of phenolic OH excluding ortho intramolecular Hbond substituents is 2. The third kappa shape index (κ3) is 5.62. The molecule has 2 aromatic rings. The van der Waals surface area contributed by atoms with Gasteiger partial charge in [-0.15, -0.1) is 0 Å². The number of carbonyl (C=O) groups excluding carboxylic acids is 1. The number of Topliss-reactive ketones (excluding diaryl/α,β-unsaturated/α-hetero) is 1. The normalized spacial score (nSPS) is 15.9. The fourth-order valence-corrected chi connectivity index (χ4v) is 2.95. The number of hydrogen-bond donors (Lipinski definition) is 3. The number of phenols is 2. The molecule has 0 radical (unpaired) electrons. The van der Waals surface area contributed by atoms with Crippen molar-refractivity contribution >= 4 is 17.9 Å². The number of benzene rings is 2. The molecule has 1 aliphatic carbocycles. The highest BCUT2D eigenvalue weighted by Gasteiger charge is 2.23. The van der Waals surface area contributed by atoms with Gasteiger partial charge in [0.1, 0.15) is 0 Å². The molecule has 29 heavy (non-hydrogen) atoms. The number of aromatic hydroxyl groups is 2. The van der Waals surface area contributed by atoms with Gasteiger partial charge < -0.3 is 24.8 Å². The molecule has 0 aromatic heterocycles. The first kappa shape index (κ1) is 22.0. The Morgan fingerprint density at radius 1 is 0.862 bits per heavy atom. The second kappa shape index (κ2) is 10.3. The van der Waals surface area contributed by atoms with E-state index < -0.39 is 0 Å². The lowest BCUT2D eigenvalue weighted by Crippen LogP contribution is -1.96. The zero-order valence-corrected chi connectivity index (χ0v) is 16.8. The van der Waals surface area contributed by atoms with Crippen LogP contribution in [0.1, 0.15) is 30.9 Å². The van der Waals surface area contributed by atoms with Gasteiger partial charge in [0.05, 0.1) is 14.2 Å². The molecule has 154 valence electrons. The topological polar surface area (TPSA) is 96.2 Å². The average molecular weight is 398 g/mol. The lowest BCUT2D eigenvalue weighted by molar-refractivity contribution is -0.111. The predicted octanol–water partition coefficient (Wildman–Crippen LogP) is 3.94. The van der Waals surface area contributed by atoms with Crippen LogP contribution in [0, 0.1) is 0 Å². The van der Waals surface area contributed by atoms with Crippen molar-refractivity contribution in [2.24, 2.45) is 0 Å². The summed E-state index contributed by atoms with van der Waals surface area (Å²) in [5.74, 6) is 0.876. The van der Waals surface area contributed by atoms with Gasteiger partial charge in [-0.1, -0.05) is 12.1 Å². The van der Waals surface area contributed by atoms with E-state index in [0.29, 0.717) is 24.3 Å². The molecule has 0 bridgehead atoms. The number of rotatable bonds is 4. The SMILES string of the molecule is CCO.COc1cc(/C=C2\CC/C(=C\c3ccc(O)c(OC)c3)C2=O)ccc1O. The van der Waals surface area contributed by atoms with Crippen LogP contribution in [-0.4, -0.2) is 41.9 Å². The number of hydrogen-bond acceptors (Lipinski definition) is 6. The summed E-state index contributed by atoms with van der Waals surface area (Å²) in [7, 11) is 2.97. The second-order valence-corrected chi connectivity index (χ2v) is 6.35. The number of carbonyl (C=O) groups is 1. The Kier molecular flexibility index (Phi) is 7.86. The molecule has 0 amide bonds. The lowest BCUT2D eigenvalue weighted by Gasteiger charge is -2.05. The Hall–Kier alpha value is -3.25. The number of ketones is 1. The van der Waals surface area contributed by atoms with E-state index in [-0.39, 0.29) is 23.9 Å². The van der Waals surface area contributed by atoms with Crippen molar-refractivity contribution in [3.8, 4) is 23.0 Å². The minimum absolute atomic E-state index is 0.00378. The molecule has 6 nitrogen and oxygen atoms in total. The van der Waals surface area contributed by atoms with Gasteiger partial charge in [0.15, 0.2) is 28.8 Å². The van der Waals surface area contributed by atoms with E-state index in [2.05, 4.69) is 0 Å². The van der Waals surface area contributed by atoms with Gasteiger partial charge >= 0.3 is 0 Å². The maximum atomic E-state index is 12.7. The molecule has 3 N–H and O–H groups in total. The Morgan fingerprint density at radius 2 is 1.24 bits per heavy atom. The summed E-state index contributed by atoms with van der Waals surface area (Å²) < 4.78 is 10.2. The third-order valence-corrected chi connectivity index (χ3v) is 4.34. The minimum atomic E-state index is 0.00378. The number of aliphatic hydroxyl groups is 1.